The molecule has 0 spiro atoms. The van der Waals surface area contributed by atoms with Crippen molar-refractivity contribution in [3.8, 4) is 12.1 Å². The van der Waals surface area contributed by atoms with E-state index >= 15 is 0 Å². The van der Waals surface area contributed by atoms with Crippen molar-refractivity contribution in [1.82, 2.24) is 15.0 Å². The zero-order chi connectivity index (χ0) is 16.2. The Kier molecular flexibility index (Phi) is 8.29. The van der Waals surface area contributed by atoms with Crippen molar-refractivity contribution in [3.05, 3.63) is 11.7 Å². The van der Waals surface area contributed by atoms with Crippen LogP contribution < -0.4 is 0 Å². The molecular formula is C15H21N5O2. The summed E-state index contributed by atoms with van der Waals surface area (Å²) >= 11 is 0. The van der Waals surface area contributed by atoms with Gasteiger partial charge in [-0.3, -0.25) is 4.79 Å². The van der Waals surface area contributed by atoms with Gasteiger partial charge in [-0.05, 0) is 12.8 Å². The van der Waals surface area contributed by atoms with Gasteiger partial charge in [-0.15, -0.1) is 0 Å². The number of hydrogen-bond donors (Lipinski definition) is 0. The molecule has 0 atom stereocenters. The third-order valence-electron chi connectivity index (χ3n) is 3.10. The summed E-state index contributed by atoms with van der Waals surface area (Å²) in [5.41, 5.74) is 0. The Bertz CT molecular complexity index is 523. The average Bonchev–Trinajstić information content (AvgIpc) is 2.95. The minimum absolute atomic E-state index is 0.0428. The van der Waals surface area contributed by atoms with Crippen LogP contribution in [0, 0.1) is 22.7 Å². The monoisotopic (exact) mass is 303 g/mol. The van der Waals surface area contributed by atoms with Crippen LogP contribution in [0.4, 0.5) is 0 Å². The van der Waals surface area contributed by atoms with E-state index in [2.05, 4.69) is 10.1 Å². The molecule has 7 heteroatoms. The molecule has 1 aromatic heterocycles. The molecule has 7 nitrogen and oxygen atoms in total. The van der Waals surface area contributed by atoms with Gasteiger partial charge in [-0.25, -0.2) is 0 Å². The van der Waals surface area contributed by atoms with E-state index < -0.39 is 0 Å². The molecule has 0 aliphatic carbocycles. The first-order valence-corrected chi connectivity index (χ1v) is 7.54. The molecule has 0 N–H and O–H groups in total. The predicted molar refractivity (Wildman–Crippen MR) is 78.3 cm³/mol. The first-order valence-electron chi connectivity index (χ1n) is 7.54. The lowest BCUT2D eigenvalue weighted by molar-refractivity contribution is -0.131. The maximum absolute atomic E-state index is 12.1. The maximum atomic E-state index is 12.1. The third-order valence-corrected chi connectivity index (χ3v) is 3.10. The highest BCUT2D eigenvalue weighted by molar-refractivity contribution is 5.76. The van der Waals surface area contributed by atoms with Crippen LogP contribution in [-0.4, -0.2) is 34.0 Å². The molecule has 0 aliphatic rings. The Hall–Kier alpha value is -2.41. The number of carbonyl (C=O) groups excluding carboxylic acids is 1. The van der Waals surface area contributed by atoms with Crippen LogP contribution in [0.15, 0.2) is 4.52 Å². The van der Waals surface area contributed by atoms with E-state index in [1.54, 1.807) is 4.90 Å². The van der Waals surface area contributed by atoms with Gasteiger partial charge in [0.05, 0.1) is 25.0 Å². The summed E-state index contributed by atoms with van der Waals surface area (Å²) < 4.78 is 5.12. The normalized spacial score (nSPS) is 9.95. The molecule has 0 aromatic carbocycles. The fourth-order valence-corrected chi connectivity index (χ4v) is 2.00. The number of aromatic nitrogens is 2. The molecule has 0 bridgehead atoms. The molecule has 0 aliphatic heterocycles. The number of nitriles is 2. The molecule has 1 rings (SSSR count). The molecule has 118 valence electrons. The number of hydrogen-bond acceptors (Lipinski definition) is 6. The second kappa shape index (κ2) is 10.3. The quantitative estimate of drug-likeness (QED) is 0.654. The van der Waals surface area contributed by atoms with E-state index in [1.165, 1.54) is 0 Å². The van der Waals surface area contributed by atoms with E-state index in [1.807, 2.05) is 19.1 Å². The lowest BCUT2D eigenvalue weighted by Gasteiger charge is -2.20. The zero-order valence-corrected chi connectivity index (χ0v) is 12.9. The number of nitrogens with zero attached hydrogens (tertiary/aromatic N) is 5. The summed E-state index contributed by atoms with van der Waals surface area (Å²) in [5.74, 6) is 1.21. The molecule has 0 unspecified atom stereocenters. The Morgan fingerprint density at radius 3 is 2.50 bits per heavy atom. The van der Waals surface area contributed by atoms with Crippen LogP contribution >= 0.6 is 0 Å². The Morgan fingerprint density at radius 1 is 1.23 bits per heavy atom. The van der Waals surface area contributed by atoms with Crippen LogP contribution in [-0.2, 0) is 17.6 Å². The van der Waals surface area contributed by atoms with E-state index in [9.17, 15) is 4.79 Å². The topological polar surface area (TPSA) is 107 Å². The molecule has 1 aromatic rings. The van der Waals surface area contributed by atoms with Crippen molar-refractivity contribution in [3.63, 3.8) is 0 Å². The van der Waals surface area contributed by atoms with Crippen LogP contribution in [0.3, 0.4) is 0 Å². The summed E-state index contributed by atoms with van der Waals surface area (Å²) in [4.78, 5) is 17.9. The van der Waals surface area contributed by atoms with Gasteiger partial charge in [0, 0.05) is 32.4 Å². The second-order valence-electron chi connectivity index (χ2n) is 4.90. The van der Waals surface area contributed by atoms with Gasteiger partial charge in [-0.1, -0.05) is 12.1 Å². The van der Waals surface area contributed by atoms with Crippen LogP contribution in [0.1, 0.15) is 50.7 Å². The molecule has 0 saturated carbocycles. The van der Waals surface area contributed by atoms with Crippen molar-refractivity contribution >= 4 is 5.91 Å². The van der Waals surface area contributed by atoms with Gasteiger partial charge in [0.25, 0.3) is 0 Å². The lowest BCUT2D eigenvalue weighted by Crippen LogP contribution is -2.32. The number of amides is 1. The van der Waals surface area contributed by atoms with E-state index in [0.717, 1.165) is 12.8 Å². The lowest BCUT2D eigenvalue weighted by atomic mass is 10.2. The number of aryl methyl sites for hydroxylation is 2. The average molecular weight is 303 g/mol. The maximum Gasteiger partial charge on any atom is 0.226 e. The smallest absolute Gasteiger partial charge is 0.226 e. The van der Waals surface area contributed by atoms with Gasteiger partial charge >= 0.3 is 0 Å². The van der Waals surface area contributed by atoms with Gasteiger partial charge in [-0.2, -0.15) is 15.5 Å². The molecule has 22 heavy (non-hydrogen) atoms. The van der Waals surface area contributed by atoms with Crippen LogP contribution in [0.5, 0.6) is 0 Å². The Balaban J connectivity index is 2.38. The summed E-state index contributed by atoms with van der Waals surface area (Å²) in [7, 11) is 0. The standard InChI is InChI=1S/C15H21N5O2/c1-2-6-13-18-14(22-19-13)7-3-8-15(21)20(11-4-9-16)12-5-10-17/h2-8,11-12H2,1H3. The first kappa shape index (κ1) is 17.6. The molecule has 0 fully saturated rings. The first-order chi connectivity index (χ1) is 10.7. The fourth-order valence-electron chi connectivity index (χ4n) is 2.00. The number of carbonyl (C=O) groups is 1. The summed E-state index contributed by atoms with van der Waals surface area (Å²) in [6, 6.07) is 4.03. The summed E-state index contributed by atoms with van der Waals surface area (Å²) in [6.45, 7) is 2.79. The van der Waals surface area contributed by atoms with Gasteiger partial charge < -0.3 is 9.42 Å². The number of rotatable bonds is 10. The Labute approximate surface area is 130 Å². The highest BCUT2D eigenvalue weighted by atomic mass is 16.5. The van der Waals surface area contributed by atoms with E-state index in [0.29, 0.717) is 44.1 Å². The third kappa shape index (κ3) is 6.36. The van der Waals surface area contributed by atoms with Crippen LogP contribution in [0.25, 0.3) is 0 Å². The van der Waals surface area contributed by atoms with Gasteiger partial charge in [0.1, 0.15) is 0 Å². The van der Waals surface area contributed by atoms with Crippen molar-refractivity contribution in [2.24, 2.45) is 0 Å². The SMILES string of the molecule is CCCc1noc(CCCC(=O)N(CCC#N)CCC#N)n1. The highest BCUT2D eigenvalue weighted by Gasteiger charge is 2.13. The summed E-state index contributed by atoms with van der Waals surface area (Å²) in [5, 5.41) is 21.1. The van der Waals surface area contributed by atoms with E-state index in [-0.39, 0.29) is 18.7 Å². The minimum atomic E-state index is -0.0428. The van der Waals surface area contributed by atoms with Crippen molar-refractivity contribution in [1.29, 1.82) is 10.5 Å². The zero-order valence-electron chi connectivity index (χ0n) is 12.9. The fraction of sp³-hybridized carbons (Fsp3) is 0.667. The molecule has 0 saturated heterocycles. The predicted octanol–water partition coefficient (Wildman–Crippen LogP) is 2.00. The van der Waals surface area contributed by atoms with E-state index in [4.69, 9.17) is 15.0 Å². The minimum Gasteiger partial charge on any atom is -0.341 e. The van der Waals surface area contributed by atoms with Crippen LogP contribution in [0.2, 0.25) is 0 Å². The second-order valence-corrected chi connectivity index (χ2v) is 4.90. The largest absolute Gasteiger partial charge is 0.341 e. The molecule has 1 heterocycles. The molecular weight excluding hydrogens is 282 g/mol. The van der Waals surface area contributed by atoms with Crippen molar-refractivity contribution in [2.75, 3.05) is 13.1 Å². The van der Waals surface area contributed by atoms with Gasteiger partial charge in [0.15, 0.2) is 5.82 Å². The highest BCUT2D eigenvalue weighted by Crippen LogP contribution is 2.07. The molecule has 1 amide bonds. The Morgan fingerprint density at radius 2 is 1.91 bits per heavy atom. The van der Waals surface area contributed by atoms with Gasteiger partial charge in [0.2, 0.25) is 11.8 Å². The summed E-state index contributed by atoms with van der Waals surface area (Å²) in [6.07, 6.45) is 3.84. The van der Waals surface area contributed by atoms with Crippen molar-refractivity contribution in [2.45, 2.75) is 51.9 Å². The van der Waals surface area contributed by atoms with Crippen molar-refractivity contribution < 1.29 is 9.32 Å². The molecule has 0 radical (unpaired) electrons.